The molecule has 0 bridgehead atoms. The molecule has 2 aromatic rings. The Morgan fingerprint density at radius 3 is 2.25 bits per heavy atom. The average Bonchev–Trinajstić information content (AvgIpc) is 2.57. The van der Waals surface area contributed by atoms with Crippen molar-refractivity contribution < 1.29 is 5.48 Å². The van der Waals surface area contributed by atoms with Gasteiger partial charge in [0.15, 0.2) is 0 Å². The molecule has 1 heterocycles. The van der Waals surface area contributed by atoms with E-state index in [1.807, 2.05) is 18.2 Å². The molecule has 3 rings (SSSR count). The minimum absolute atomic E-state index is 0. The van der Waals surface area contributed by atoms with Crippen LogP contribution < -0.4 is 5.32 Å². The van der Waals surface area contributed by atoms with Crippen LogP contribution in [-0.2, 0) is 6.42 Å². The molecule has 0 spiro atoms. The second kappa shape index (κ2) is 10.6. The van der Waals surface area contributed by atoms with Crippen LogP contribution in [0, 0.1) is 0 Å². The quantitative estimate of drug-likeness (QED) is 0.864. The second-order valence-electron chi connectivity index (χ2n) is 5.98. The number of hydrogen-bond donors (Lipinski definition) is 1. The number of halogens is 2. The van der Waals surface area contributed by atoms with Gasteiger partial charge in [-0.2, -0.15) is 0 Å². The summed E-state index contributed by atoms with van der Waals surface area (Å²) in [6.07, 6.45) is 3.50. The summed E-state index contributed by atoms with van der Waals surface area (Å²) in [5.41, 5.74) is 2.49. The summed E-state index contributed by atoms with van der Waals surface area (Å²) in [6.45, 7) is 3.48. The van der Waals surface area contributed by atoms with Crippen LogP contribution in [0.25, 0.3) is 0 Å². The summed E-state index contributed by atoms with van der Waals surface area (Å²) in [4.78, 5) is 2.57. The highest BCUT2D eigenvalue weighted by Gasteiger charge is 2.19. The van der Waals surface area contributed by atoms with E-state index >= 15 is 0 Å². The molecule has 132 valence electrons. The van der Waals surface area contributed by atoms with Crippen molar-refractivity contribution in [2.45, 2.75) is 25.3 Å². The molecule has 0 atom stereocenters. The molecular formula is C19H26Cl2N2O. The van der Waals surface area contributed by atoms with E-state index < -0.39 is 0 Å². The Hall–Kier alpha value is -1.26. The number of piperidine rings is 1. The largest absolute Gasteiger partial charge is 0.412 e. The fourth-order valence-electron chi connectivity index (χ4n) is 3.03. The monoisotopic (exact) mass is 368 g/mol. The van der Waals surface area contributed by atoms with Crippen LogP contribution in [0.5, 0.6) is 0 Å². The summed E-state index contributed by atoms with van der Waals surface area (Å²) >= 11 is 6.22. The number of benzene rings is 2. The first-order chi connectivity index (χ1) is 10.8. The first kappa shape index (κ1) is 20.8. The van der Waals surface area contributed by atoms with Gasteiger partial charge in [0.05, 0.1) is 10.7 Å². The van der Waals surface area contributed by atoms with Crippen LogP contribution in [0.4, 0.5) is 5.69 Å². The first-order valence-electron chi connectivity index (χ1n) is 8.08. The van der Waals surface area contributed by atoms with E-state index in [4.69, 9.17) is 11.6 Å². The number of nitrogens with one attached hydrogen (secondary N) is 1. The Morgan fingerprint density at radius 1 is 0.958 bits per heavy atom. The van der Waals surface area contributed by atoms with Crippen molar-refractivity contribution in [3.63, 3.8) is 0 Å². The minimum Gasteiger partial charge on any atom is -0.412 e. The van der Waals surface area contributed by atoms with Crippen molar-refractivity contribution in [2.75, 3.05) is 25.0 Å². The summed E-state index contributed by atoms with van der Waals surface area (Å²) in [7, 11) is 0. The van der Waals surface area contributed by atoms with Gasteiger partial charge in [-0.1, -0.05) is 54.1 Å². The molecule has 0 aliphatic carbocycles. The molecule has 1 aliphatic heterocycles. The molecular weight excluding hydrogens is 343 g/mol. The van der Waals surface area contributed by atoms with Crippen LogP contribution in [0.15, 0.2) is 54.6 Å². The molecule has 0 aromatic heterocycles. The van der Waals surface area contributed by atoms with Gasteiger partial charge in [-0.3, -0.25) is 0 Å². The van der Waals surface area contributed by atoms with Gasteiger partial charge in [0.25, 0.3) is 0 Å². The predicted octanol–water partition coefficient (Wildman–Crippen LogP) is 4.06. The van der Waals surface area contributed by atoms with Gasteiger partial charge in [0.1, 0.15) is 0 Å². The number of hydrogen-bond acceptors (Lipinski definition) is 2. The zero-order chi connectivity index (χ0) is 15.2. The zero-order valence-corrected chi connectivity index (χ0v) is 15.3. The van der Waals surface area contributed by atoms with Gasteiger partial charge in [-0.25, -0.2) is 0 Å². The Labute approximate surface area is 155 Å². The van der Waals surface area contributed by atoms with Crippen LogP contribution >= 0.6 is 24.0 Å². The average molecular weight is 369 g/mol. The van der Waals surface area contributed by atoms with Gasteiger partial charge >= 0.3 is 0 Å². The van der Waals surface area contributed by atoms with Crippen LogP contribution in [0.2, 0.25) is 5.02 Å². The number of nitrogens with zero attached hydrogens (tertiary/aromatic N) is 1. The van der Waals surface area contributed by atoms with E-state index in [9.17, 15) is 0 Å². The van der Waals surface area contributed by atoms with E-state index in [0.717, 1.165) is 36.8 Å². The highest BCUT2D eigenvalue weighted by atomic mass is 35.5. The summed E-state index contributed by atoms with van der Waals surface area (Å²) in [6, 6.07) is 19.3. The fraction of sp³-hybridized carbons (Fsp3) is 0.368. The molecule has 1 aliphatic rings. The van der Waals surface area contributed by atoms with Gasteiger partial charge in [-0.05, 0) is 37.0 Å². The summed E-state index contributed by atoms with van der Waals surface area (Å²) < 4.78 is 0. The lowest BCUT2D eigenvalue weighted by Crippen LogP contribution is -2.40. The number of rotatable bonds is 5. The van der Waals surface area contributed by atoms with E-state index in [0.29, 0.717) is 6.04 Å². The lowest BCUT2D eigenvalue weighted by Gasteiger charge is -2.33. The topological polar surface area (TPSA) is 46.8 Å². The third-order valence-electron chi connectivity index (χ3n) is 4.38. The van der Waals surface area contributed by atoms with Crippen molar-refractivity contribution in [1.29, 1.82) is 0 Å². The molecule has 0 unspecified atom stereocenters. The van der Waals surface area contributed by atoms with Crippen LogP contribution in [0.3, 0.4) is 0 Å². The van der Waals surface area contributed by atoms with Gasteiger partial charge in [0.2, 0.25) is 0 Å². The number of anilines is 1. The minimum atomic E-state index is 0. The summed E-state index contributed by atoms with van der Waals surface area (Å²) in [5, 5.41) is 4.40. The molecule has 5 heteroatoms. The van der Waals surface area contributed by atoms with Gasteiger partial charge in [-0.15, -0.1) is 12.4 Å². The number of likely N-dealkylation sites (tertiary alicyclic amines) is 1. The Kier molecular flexibility index (Phi) is 9.16. The van der Waals surface area contributed by atoms with E-state index in [-0.39, 0.29) is 17.9 Å². The summed E-state index contributed by atoms with van der Waals surface area (Å²) in [5.74, 6) is 0. The normalized spacial score (nSPS) is 15.2. The standard InChI is InChI=1S/C19H23ClN2.ClH.H2O/c20-18-8-4-5-9-19(18)21-17-11-14-22(15-12-17)13-10-16-6-2-1-3-7-16;;/h1-9,17,21H,10-15H2;1H;1H2. The first-order valence-corrected chi connectivity index (χ1v) is 8.46. The molecule has 24 heavy (non-hydrogen) atoms. The smallest absolute Gasteiger partial charge is 0.0637 e. The zero-order valence-electron chi connectivity index (χ0n) is 13.7. The number of para-hydroxylation sites is 1. The third-order valence-corrected chi connectivity index (χ3v) is 4.71. The second-order valence-corrected chi connectivity index (χ2v) is 6.38. The predicted molar refractivity (Wildman–Crippen MR) is 106 cm³/mol. The molecule has 2 aromatic carbocycles. The molecule has 1 fully saturated rings. The van der Waals surface area contributed by atoms with E-state index in [1.165, 1.54) is 18.4 Å². The molecule has 0 amide bonds. The lowest BCUT2D eigenvalue weighted by molar-refractivity contribution is 0.221. The highest BCUT2D eigenvalue weighted by Crippen LogP contribution is 2.24. The molecule has 0 radical (unpaired) electrons. The Balaban J connectivity index is 0.00000144. The van der Waals surface area contributed by atoms with Crippen LogP contribution in [-0.4, -0.2) is 36.1 Å². The Bertz CT molecular complexity index is 587. The highest BCUT2D eigenvalue weighted by molar-refractivity contribution is 6.33. The van der Waals surface area contributed by atoms with Gasteiger partial charge in [0, 0.05) is 25.7 Å². The SMILES string of the molecule is Cl.Clc1ccccc1NC1CCN(CCc2ccccc2)CC1.O. The maximum absolute atomic E-state index is 6.22. The van der Waals surface area contributed by atoms with Crippen molar-refractivity contribution >= 4 is 29.7 Å². The van der Waals surface area contributed by atoms with Crippen molar-refractivity contribution in [3.05, 3.63) is 65.2 Å². The maximum atomic E-state index is 6.22. The van der Waals surface area contributed by atoms with Crippen LogP contribution in [0.1, 0.15) is 18.4 Å². The molecule has 3 nitrogen and oxygen atoms in total. The van der Waals surface area contributed by atoms with Crippen molar-refractivity contribution in [2.24, 2.45) is 0 Å². The fourth-order valence-corrected chi connectivity index (χ4v) is 3.22. The third kappa shape index (κ3) is 5.99. The molecule has 0 saturated carbocycles. The van der Waals surface area contributed by atoms with Gasteiger partial charge < -0.3 is 15.7 Å². The molecule has 3 N–H and O–H groups in total. The Morgan fingerprint density at radius 2 is 1.58 bits per heavy atom. The van der Waals surface area contributed by atoms with Crippen molar-refractivity contribution in [1.82, 2.24) is 4.90 Å². The van der Waals surface area contributed by atoms with E-state index in [2.05, 4.69) is 46.6 Å². The van der Waals surface area contributed by atoms with E-state index in [1.54, 1.807) is 0 Å². The van der Waals surface area contributed by atoms with Crippen molar-refractivity contribution in [3.8, 4) is 0 Å². The molecule has 1 saturated heterocycles. The lowest BCUT2D eigenvalue weighted by atomic mass is 10.0. The maximum Gasteiger partial charge on any atom is 0.0637 e.